The van der Waals surface area contributed by atoms with E-state index in [-0.39, 0.29) is 25.0 Å². The van der Waals surface area contributed by atoms with Gasteiger partial charge in [0.25, 0.3) is 0 Å². The molecule has 1 N–H and O–H groups in total. The molecule has 3 rings (SSSR count). The van der Waals surface area contributed by atoms with Crippen molar-refractivity contribution in [2.45, 2.75) is 25.8 Å². The molecule has 7 heteroatoms. The molecule has 0 saturated carbocycles. The Kier molecular flexibility index (Phi) is 5.56. The molecule has 0 aliphatic carbocycles. The zero-order valence-electron chi connectivity index (χ0n) is 13.4. The van der Waals surface area contributed by atoms with E-state index in [1.807, 2.05) is 4.90 Å². The van der Waals surface area contributed by atoms with Gasteiger partial charge in [0.2, 0.25) is 5.91 Å². The number of carbonyl (C=O) groups is 1. The van der Waals surface area contributed by atoms with Gasteiger partial charge in [-0.2, -0.15) is 5.10 Å². The summed E-state index contributed by atoms with van der Waals surface area (Å²) in [6.07, 6.45) is 6.76. The van der Waals surface area contributed by atoms with Gasteiger partial charge in [-0.3, -0.25) is 9.48 Å². The molecule has 2 atom stereocenters. The van der Waals surface area contributed by atoms with Crippen LogP contribution in [0.15, 0.2) is 12.4 Å². The Morgan fingerprint density at radius 2 is 2.04 bits per heavy atom. The number of halogens is 1. The summed E-state index contributed by atoms with van der Waals surface area (Å²) >= 11 is 5.85. The smallest absolute Gasteiger partial charge is 0.244 e. The maximum absolute atomic E-state index is 12.5. The maximum Gasteiger partial charge on any atom is 0.244 e. The lowest BCUT2D eigenvalue weighted by Crippen LogP contribution is -2.48. The maximum atomic E-state index is 12.5. The van der Waals surface area contributed by atoms with Gasteiger partial charge in [0.15, 0.2) is 0 Å². The average Bonchev–Trinajstić information content (AvgIpc) is 3.18. The summed E-state index contributed by atoms with van der Waals surface area (Å²) in [6.45, 7) is 5.14. The van der Waals surface area contributed by atoms with Crippen molar-refractivity contribution in [3.8, 4) is 0 Å². The number of aliphatic hydroxyl groups is 1. The number of aliphatic hydroxyl groups excluding tert-OH is 1. The summed E-state index contributed by atoms with van der Waals surface area (Å²) < 4.78 is 1.57. The molecule has 2 aliphatic heterocycles. The van der Waals surface area contributed by atoms with E-state index in [9.17, 15) is 9.90 Å². The molecule has 0 radical (unpaired) electrons. The van der Waals surface area contributed by atoms with E-state index in [2.05, 4.69) is 10.00 Å². The molecule has 23 heavy (non-hydrogen) atoms. The van der Waals surface area contributed by atoms with Crippen molar-refractivity contribution in [1.82, 2.24) is 19.6 Å². The predicted molar refractivity (Wildman–Crippen MR) is 88.2 cm³/mol. The number of hydrogen-bond acceptors (Lipinski definition) is 4. The zero-order chi connectivity index (χ0) is 16.2. The summed E-state index contributed by atoms with van der Waals surface area (Å²) in [5.41, 5.74) is 0. The predicted octanol–water partition coefficient (Wildman–Crippen LogP) is 1.09. The van der Waals surface area contributed by atoms with Crippen LogP contribution in [0.25, 0.3) is 0 Å². The minimum atomic E-state index is 0.0503. The highest BCUT2D eigenvalue weighted by Gasteiger charge is 2.31. The number of amides is 1. The van der Waals surface area contributed by atoms with Crippen LogP contribution in [0, 0.1) is 11.8 Å². The van der Waals surface area contributed by atoms with E-state index in [1.165, 1.54) is 32.1 Å². The highest BCUT2D eigenvalue weighted by molar-refractivity contribution is 6.30. The molecule has 2 fully saturated rings. The molecule has 2 saturated heterocycles. The third-order valence-electron chi connectivity index (χ3n) is 4.85. The van der Waals surface area contributed by atoms with Gasteiger partial charge in [0.1, 0.15) is 6.54 Å². The summed E-state index contributed by atoms with van der Waals surface area (Å²) in [5, 5.41) is 14.2. The molecule has 0 unspecified atom stereocenters. The van der Waals surface area contributed by atoms with Crippen LogP contribution in [0.3, 0.4) is 0 Å². The molecule has 1 aromatic heterocycles. The Hall–Kier alpha value is -1.11. The molecule has 0 spiro atoms. The number of nitrogens with zero attached hydrogens (tertiary/aromatic N) is 4. The standard InChI is InChI=1S/C16H25ClN4O2/c17-15-6-18-21(10-15)11-16(23)20-8-13(5-14(9-20)12-22)7-19-3-1-2-4-19/h6,10,13-14,22H,1-5,7-9,11-12H2/t13-,14+/m0/s1. The van der Waals surface area contributed by atoms with Gasteiger partial charge in [0, 0.05) is 32.4 Å². The Morgan fingerprint density at radius 1 is 1.30 bits per heavy atom. The molecule has 3 heterocycles. The fraction of sp³-hybridized carbons (Fsp3) is 0.750. The second kappa shape index (κ2) is 7.64. The summed E-state index contributed by atoms with van der Waals surface area (Å²) in [6, 6.07) is 0. The topological polar surface area (TPSA) is 61.6 Å². The highest BCUT2D eigenvalue weighted by atomic mass is 35.5. The molecular weight excluding hydrogens is 316 g/mol. The molecule has 1 aromatic rings. The molecule has 1 amide bonds. The minimum Gasteiger partial charge on any atom is -0.396 e. The lowest BCUT2D eigenvalue weighted by molar-refractivity contribution is -0.135. The molecule has 2 aliphatic rings. The van der Waals surface area contributed by atoms with Crippen LogP contribution in [0.2, 0.25) is 5.02 Å². The normalized spacial score (nSPS) is 25.9. The number of piperidine rings is 1. The van der Waals surface area contributed by atoms with Gasteiger partial charge in [-0.05, 0) is 44.2 Å². The average molecular weight is 341 g/mol. The quantitative estimate of drug-likeness (QED) is 0.871. The van der Waals surface area contributed by atoms with Crippen molar-refractivity contribution in [1.29, 1.82) is 0 Å². The second-order valence-electron chi connectivity index (χ2n) is 6.81. The lowest BCUT2D eigenvalue weighted by Gasteiger charge is -2.38. The Labute approximate surface area is 142 Å². The zero-order valence-corrected chi connectivity index (χ0v) is 14.2. The number of aromatic nitrogens is 2. The van der Waals surface area contributed by atoms with Crippen LogP contribution >= 0.6 is 11.6 Å². The summed E-state index contributed by atoms with van der Waals surface area (Å²) in [5.74, 6) is 0.681. The van der Waals surface area contributed by atoms with E-state index >= 15 is 0 Å². The minimum absolute atomic E-state index is 0.0503. The largest absolute Gasteiger partial charge is 0.396 e. The van der Waals surface area contributed by atoms with Gasteiger partial charge < -0.3 is 14.9 Å². The van der Waals surface area contributed by atoms with Crippen molar-refractivity contribution in [3.05, 3.63) is 17.4 Å². The Balaban J connectivity index is 1.59. The third-order valence-corrected chi connectivity index (χ3v) is 5.04. The number of carbonyl (C=O) groups excluding carboxylic acids is 1. The van der Waals surface area contributed by atoms with Gasteiger partial charge in [-0.15, -0.1) is 0 Å². The first-order valence-corrected chi connectivity index (χ1v) is 8.81. The fourth-order valence-corrected chi connectivity index (χ4v) is 3.94. The number of likely N-dealkylation sites (tertiary alicyclic amines) is 2. The van der Waals surface area contributed by atoms with Crippen molar-refractivity contribution < 1.29 is 9.90 Å². The van der Waals surface area contributed by atoms with Crippen molar-refractivity contribution in [2.24, 2.45) is 11.8 Å². The van der Waals surface area contributed by atoms with E-state index in [0.29, 0.717) is 17.5 Å². The number of rotatable bonds is 5. The van der Waals surface area contributed by atoms with Gasteiger partial charge >= 0.3 is 0 Å². The first-order chi connectivity index (χ1) is 11.1. The number of hydrogen-bond donors (Lipinski definition) is 1. The van der Waals surface area contributed by atoms with E-state index in [4.69, 9.17) is 11.6 Å². The summed E-state index contributed by atoms with van der Waals surface area (Å²) in [4.78, 5) is 16.9. The van der Waals surface area contributed by atoms with Gasteiger partial charge in [-0.25, -0.2) is 0 Å². The van der Waals surface area contributed by atoms with Crippen molar-refractivity contribution >= 4 is 17.5 Å². The van der Waals surface area contributed by atoms with Crippen LogP contribution in [0.1, 0.15) is 19.3 Å². The monoisotopic (exact) mass is 340 g/mol. The lowest BCUT2D eigenvalue weighted by atomic mass is 9.89. The van der Waals surface area contributed by atoms with Crippen LogP contribution in [0.4, 0.5) is 0 Å². The third kappa shape index (κ3) is 4.46. The molecule has 0 aromatic carbocycles. The van der Waals surface area contributed by atoms with E-state index < -0.39 is 0 Å². The summed E-state index contributed by atoms with van der Waals surface area (Å²) in [7, 11) is 0. The highest BCUT2D eigenvalue weighted by Crippen LogP contribution is 2.24. The molecule has 6 nitrogen and oxygen atoms in total. The van der Waals surface area contributed by atoms with Crippen molar-refractivity contribution in [3.63, 3.8) is 0 Å². The van der Waals surface area contributed by atoms with Gasteiger partial charge in [0.05, 0.1) is 11.2 Å². The van der Waals surface area contributed by atoms with Crippen LogP contribution in [0.5, 0.6) is 0 Å². The Morgan fingerprint density at radius 3 is 2.70 bits per heavy atom. The Bertz CT molecular complexity index is 530. The molecule has 128 valence electrons. The fourth-order valence-electron chi connectivity index (χ4n) is 3.78. The SMILES string of the molecule is O=C(Cn1cc(Cl)cn1)N1C[C@H](CO)C[C@@H](CN2CCCC2)C1. The second-order valence-corrected chi connectivity index (χ2v) is 7.25. The van der Waals surface area contributed by atoms with Crippen LogP contribution in [-0.4, -0.2) is 69.9 Å². The van der Waals surface area contributed by atoms with Crippen LogP contribution < -0.4 is 0 Å². The van der Waals surface area contributed by atoms with Crippen LogP contribution in [-0.2, 0) is 11.3 Å². The first-order valence-electron chi connectivity index (χ1n) is 8.43. The van der Waals surface area contributed by atoms with Gasteiger partial charge in [-0.1, -0.05) is 11.6 Å². The molecule has 0 bridgehead atoms. The first kappa shape index (κ1) is 16.7. The van der Waals surface area contributed by atoms with E-state index in [0.717, 1.165) is 19.5 Å². The van der Waals surface area contributed by atoms with E-state index in [1.54, 1.807) is 10.9 Å². The van der Waals surface area contributed by atoms with Crippen molar-refractivity contribution in [2.75, 3.05) is 39.3 Å². The molecular formula is C16H25ClN4O2.